The molecule has 4 rings (SSSR count). The molecule has 0 aliphatic carbocycles. The number of anilines is 1. The third-order valence-electron chi connectivity index (χ3n) is 5.49. The van der Waals surface area contributed by atoms with Crippen molar-refractivity contribution in [2.45, 2.75) is 17.7 Å². The summed E-state index contributed by atoms with van der Waals surface area (Å²) in [6, 6.07) is 12.7. The van der Waals surface area contributed by atoms with Crippen molar-refractivity contribution in [3.05, 3.63) is 59.7 Å². The van der Waals surface area contributed by atoms with Crippen LogP contribution in [0.25, 0.3) is 0 Å². The third kappa shape index (κ3) is 3.50. The SMILES string of the molecule is CN1C(=O)c2ccc(NC(=O)C3CCCN(S(=O)(=O)c4ccccc4)C3)cc2C1=O. The predicted molar refractivity (Wildman–Crippen MR) is 109 cm³/mol. The Kier molecular flexibility index (Phi) is 5.17. The molecule has 0 aromatic heterocycles. The van der Waals surface area contributed by atoms with Gasteiger partial charge < -0.3 is 5.32 Å². The molecule has 0 spiro atoms. The Bertz CT molecular complexity index is 1130. The smallest absolute Gasteiger partial charge is 0.261 e. The maximum Gasteiger partial charge on any atom is 0.261 e. The van der Waals surface area contributed by atoms with Gasteiger partial charge in [-0.15, -0.1) is 0 Å². The quantitative estimate of drug-likeness (QED) is 0.751. The van der Waals surface area contributed by atoms with Crippen molar-refractivity contribution in [1.29, 1.82) is 0 Å². The van der Waals surface area contributed by atoms with E-state index in [1.54, 1.807) is 36.4 Å². The van der Waals surface area contributed by atoms with Crippen LogP contribution in [0.4, 0.5) is 5.69 Å². The van der Waals surface area contributed by atoms with Crippen LogP contribution in [-0.2, 0) is 14.8 Å². The molecule has 0 saturated carbocycles. The number of hydrogen-bond donors (Lipinski definition) is 1. The number of carbonyl (C=O) groups is 3. The monoisotopic (exact) mass is 427 g/mol. The van der Waals surface area contributed by atoms with Crippen molar-refractivity contribution in [3.63, 3.8) is 0 Å². The Hall–Kier alpha value is -3.04. The lowest BCUT2D eigenvalue weighted by atomic mass is 9.98. The summed E-state index contributed by atoms with van der Waals surface area (Å²) in [5.41, 5.74) is 0.953. The summed E-state index contributed by atoms with van der Waals surface area (Å²) in [4.78, 5) is 38.2. The summed E-state index contributed by atoms with van der Waals surface area (Å²) < 4.78 is 27.1. The average molecular weight is 427 g/mol. The molecule has 2 aromatic carbocycles. The number of sulfonamides is 1. The van der Waals surface area contributed by atoms with Gasteiger partial charge in [-0.2, -0.15) is 4.31 Å². The van der Waals surface area contributed by atoms with Crippen molar-refractivity contribution in [2.75, 3.05) is 25.5 Å². The van der Waals surface area contributed by atoms with E-state index >= 15 is 0 Å². The summed E-state index contributed by atoms with van der Waals surface area (Å²) in [6.07, 6.45) is 1.14. The minimum atomic E-state index is -3.66. The van der Waals surface area contributed by atoms with E-state index in [0.717, 1.165) is 4.90 Å². The lowest BCUT2D eigenvalue weighted by molar-refractivity contribution is -0.120. The van der Waals surface area contributed by atoms with Crippen LogP contribution in [0.5, 0.6) is 0 Å². The minimum Gasteiger partial charge on any atom is -0.326 e. The van der Waals surface area contributed by atoms with E-state index in [4.69, 9.17) is 0 Å². The second-order valence-electron chi connectivity index (χ2n) is 7.43. The highest BCUT2D eigenvalue weighted by Crippen LogP contribution is 2.27. The van der Waals surface area contributed by atoms with Crippen LogP contribution in [0.2, 0.25) is 0 Å². The highest BCUT2D eigenvalue weighted by Gasteiger charge is 2.35. The number of carbonyl (C=O) groups excluding carboxylic acids is 3. The van der Waals surface area contributed by atoms with Gasteiger partial charge in [-0.3, -0.25) is 19.3 Å². The number of nitrogens with zero attached hydrogens (tertiary/aromatic N) is 2. The van der Waals surface area contributed by atoms with Gasteiger partial charge in [0.2, 0.25) is 15.9 Å². The topological polar surface area (TPSA) is 104 Å². The van der Waals surface area contributed by atoms with E-state index in [0.29, 0.717) is 30.6 Å². The van der Waals surface area contributed by atoms with Crippen molar-refractivity contribution in [2.24, 2.45) is 5.92 Å². The zero-order chi connectivity index (χ0) is 21.5. The van der Waals surface area contributed by atoms with Crippen LogP contribution in [0, 0.1) is 5.92 Å². The van der Waals surface area contributed by atoms with E-state index in [-0.39, 0.29) is 28.8 Å². The molecule has 2 aromatic rings. The second-order valence-corrected chi connectivity index (χ2v) is 9.37. The average Bonchev–Trinajstić information content (AvgIpc) is 2.98. The van der Waals surface area contributed by atoms with E-state index < -0.39 is 21.8 Å². The van der Waals surface area contributed by atoms with E-state index in [1.165, 1.54) is 23.5 Å². The predicted octanol–water partition coefficient (Wildman–Crippen LogP) is 1.95. The summed E-state index contributed by atoms with van der Waals surface area (Å²) in [6.45, 7) is 0.455. The van der Waals surface area contributed by atoms with Crippen molar-refractivity contribution < 1.29 is 22.8 Å². The molecule has 9 heteroatoms. The van der Waals surface area contributed by atoms with Gasteiger partial charge in [0.05, 0.1) is 21.9 Å². The van der Waals surface area contributed by atoms with Crippen LogP contribution in [0.1, 0.15) is 33.6 Å². The molecular formula is C21H21N3O5S. The first kappa shape index (κ1) is 20.2. The van der Waals surface area contributed by atoms with Crippen LogP contribution < -0.4 is 5.32 Å². The molecule has 8 nitrogen and oxygen atoms in total. The Labute approximate surface area is 174 Å². The Morgan fingerprint density at radius 3 is 2.47 bits per heavy atom. The number of nitrogens with one attached hydrogen (secondary N) is 1. The lowest BCUT2D eigenvalue weighted by Crippen LogP contribution is -2.43. The van der Waals surface area contributed by atoms with Crippen LogP contribution in [0.15, 0.2) is 53.4 Å². The molecule has 1 unspecified atom stereocenters. The number of piperidine rings is 1. The van der Waals surface area contributed by atoms with Crippen molar-refractivity contribution in [3.8, 4) is 0 Å². The van der Waals surface area contributed by atoms with Gasteiger partial charge in [-0.1, -0.05) is 18.2 Å². The number of imide groups is 1. The molecule has 1 N–H and O–H groups in total. The van der Waals surface area contributed by atoms with Gasteiger partial charge in [0.25, 0.3) is 11.8 Å². The van der Waals surface area contributed by atoms with Crippen molar-refractivity contribution in [1.82, 2.24) is 9.21 Å². The molecule has 1 fully saturated rings. The van der Waals surface area contributed by atoms with Gasteiger partial charge in [-0.05, 0) is 43.2 Å². The van der Waals surface area contributed by atoms with E-state index in [9.17, 15) is 22.8 Å². The highest BCUT2D eigenvalue weighted by atomic mass is 32.2. The Morgan fingerprint density at radius 1 is 1.03 bits per heavy atom. The zero-order valence-electron chi connectivity index (χ0n) is 16.4. The summed E-state index contributed by atoms with van der Waals surface area (Å²) in [7, 11) is -2.25. The van der Waals surface area contributed by atoms with Crippen molar-refractivity contribution >= 4 is 33.4 Å². The van der Waals surface area contributed by atoms with Gasteiger partial charge >= 0.3 is 0 Å². The molecule has 2 aliphatic rings. The molecule has 0 bridgehead atoms. The largest absolute Gasteiger partial charge is 0.326 e. The first-order valence-electron chi connectivity index (χ1n) is 9.61. The van der Waals surface area contributed by atoms with Gasteiger partial charge in [0.1, 0.15) is 0 Å². The van der Waals surface area contributed by atoms with Gasteiger partial charge in [-0.25, -0.2) is 8.42 Å². The molecular weight excluding hydrogens is 406 g/mol. The first-order chi connectivity index (χ1) is 14.3. The summed E-state index contributed by atoms with van der Waals surface area (Å²) >= 11 is 0. The van der Waals surface area contributed by atoms with Crippen LogP contribution in [0.3, 0.4) is 0 Å². The second kappa shape index (κ2) is 7.66. The van der Waals surface area contributed by atoms with Crippen LogP contribution >= 0.6 is 0 Å². The standard InChI is InChI=1S/C21H21N3O5S/c1-23-20(26)17-10-9-15(12-18(17)21(23)27)22-19(25)14-6-5-11-24(13-14)30(28,29)16-7-3-2-4-8-16/h2-4,7-10,12,14H,5-6,11,13H2,1H3,(H,22,25). The number of fused-ring (bicyclic) bond motifs is 1. The number of rotatable bonds is 4. The van der Waals surface area contributed by atoms with Crippen LogP contribution in [-0.4, -0.2) is 55.5 Å². The maximum atomic E-state index is 12.9. The fourth-order valence-corrected chi connectivity index (χ4v) is 5.34. The highest BCUT2D eigenvalue weighted by molar-refractivity contribution is 7.89. The number of hydrogen-bond acceptors (Lipinski definition) is 5. The molecule has 156 valence electrons. The van der Waals surface area contributed by atoms with E-state index in [2.05, 4.69) is 5.32 Å². The lowest BCUT2D eigenvalue weighted by Gasteiger charge is -2.31. The third-order valence-corrected chi connectivity index (χ3v) is 7.37. The van der Waals surface area contributed by atoms with Gasteiger partial charge in [0.15, 0.2) is 0 Å². The Balaban J connectivity index is 1.48. The molecule has 3 amide bonds. The first-order valence-corrected chi connectivity index (χ1v) is 11.1. The van der Waals surface area contributed by atoms with E-state index in [1.807, 2.05) is 0 Å². The molecule has 30 heavy (non-hydrogen) atoms. The number of benzene rings is 2. The van der Waals surface area contributed by atoms with Gasteiger partial charge in [0, 0.05) is 25.8 Å². The fraction of sp³-hybridized carbons (Fsp3) is 0.286. The minimum absolute atomic E-state index is 0.0914. The molecule has 1 saturated heterocycles. The maximum absolute atomic E-state index is 12.9. The fourth-order valence-electron chi connectivity index (χ4n) is 3.80. The molecule has 2 heterocycles. The normalized spacial score (nSPS) is 19.6. The Morgan fingerprint density at radius 2 is 1.73 bits per heavy atom. The summed E-state index contributed by atoms with van der Waals surface area (Å²) in [5.74, 6) is -1.61. The molecule has 2 aliphatic heterocycles. The summed E-state index contributed by atoms with van der Waals surface area (Å²) in [5, 5.41) is 2.76. The number of amides is 3. The molecule has 0 radical (unpaired) electrons. The molecule has 1 atom stereocenters. The zero-order valence-corrected chi connectivity index (χ0v) is 17.2.